The summed E-state index contributed by atoms with van der Waals surface area (Å²) in [5.41, 5.74) is 0. The molecule has 0 saturated carbocycles. The number of nitrogens with one attached hydrogen (secondary N) is 1. The number of phosphoric ester groups is 1. The number of unbranched alkanes of at least 4 members (excludes halogenated alkanes) is 55. The number of hydrogen-bond donors (Lipinski definition) is 1. The fourth-order valence-corrected chi connectivity index (χ4v) is 12.6. The van der Waals surface area contributed by atoms with Gasteiger partial charge in [0, 0.05) is 12.8 Å². The highest BCUT2D eigenvalue weighted by Gasteiger charge is 2.27. The number of amides is 1. The molecule has 3 atom stereocenters. The third-order valence-corrected chi connectivity index (χ3v) is 18.7. The molecule has 0 aromatic heterocycles. The standard InChI is InChI=1S/C75H149N2O7P/c1-7-10-13-16-19-22-25-27-29-31-33-35-37-38-40-42-44-46-48-50-53-56-59-62-65-68-75(79)84-73(66-63-60-57-54-51-24-21-18-15-12-9-3)72(71-83-85(80,81)82-70-69-77(4,5)6)76-74(78)67-64-61-58-55-52-49-47-45-43-41-39-36-34-32-30-28-26-23-20-17-14-11-8-2/h63,66,72-73H,7-62,64-65,67-71H2,1-6H3,(H-,76,78,80,81)/b66-63+. The van der Waals surface area contributed by atoms with Crippen molar-refractivity contribution in [1.82, 2.24) is 5.32 Å². The normalized spacial score (nSPS) is 13.4. The first-order valence-electron chi connectivity index (χ1n) is 38.0. The van der Waals surface area contributed by atoms with Gasteiger partial charge in [-0.15, -0.1) is 0 Å². The fourth-order valence-electron chi connectivity index (χ4n) is 11.9. The van der Waals surface area contributed by atoms with E-state index in [1.807, 2.05) is 33.3 Å². The number of carbonyl (C=O) groups excluding carboxylic acids is 2. The smallest absolute Gasteiger partial charge is 0.306 e. The predicted octanol–water partition coefficient (Wildman–Crippen LogP) is 23.6. The van der Waals surface area contributed by atoms with E-state index in [1.54, 1.807) is 0 Å². The van der Waals surface area contributed by atoms with E-state index in [0.717, 1.165) is 57.8 Å². The van der Waals surface area contributed by atoms with Crippen LogP contribution in [0.3, 0.4) is 0 Å². The van der Waals surface area contributed by atoms with Gasteiger partial charge in [0.05, 0.1) is 33.8 Å². The first-order valence-corrected chi connectivity index (χ1v) is 39.5. The van der Waals surface area contributed by atoms with Crippen LogP contribution in [0.15, 0.2) is 12.2 Å². The molecule has 3 unspecified atom stereocenters. The summed E-state index contributed by atoms with van der Waals surface area (Å²) in [5.74, 6) is -0.511. The van der Waals surface area contributed by atoms with E-state index in [2.05, 4.69) is 26.1 Å². The predicted molar refractivity (Wildman–Crippen MR) is 367 cm³/mol. The Morgan fingerprint density at radius 2 is 0.671 bits per heavy atom. The molecule has 506 valence electrons. The summed E-state index contributed by atoms with van der Waals surface area (Å²) in [4.78, 5) is 40.2. The van der Waals surface area contributed by atoms with E-state index < -0.39 is 20.0 Å². The van der Waals surface area contributed by atoms with Gasteiger partial charge >= 0.3 is 5.97 Å². The highest BCUT2D eigenvalue weighted by atomic mass is 31.2. The molecule has 1 N–H and O–H groups in total. The van der Waals surface area contributed by atoms with E-state index in [0.29, 0.717) is 17.4 Å². The summed E-state index contributed by atoms with van der Waals surface area (Å²) in [6.07, 6.45) is 79.3. The monoisotopic (exact) mass is 1220 g/mol. The lowest BCUT2D eigenvalue weighted by atomic mass is 10.0. The molecule has 0 aliphatic heterocycles. The van der Waals surface area contributed by atoms with Crippen molar-refractivity contribution >= 4 is 19.7 Å². The van der Waals surface area contributed by atoms with Crippen molar-refractivity contribution in [2.45, 2.75) is 418 Å². The Hall–Kier alpha value is -1.25. The van der Waals surface area contributed by atoms with Crippen LogP contribution in [0.5, 0.6) is 0 Å². The second-order valence-corrected chi connectivity index (χ2v) is 28.9. The van der Waals surface area contributed by atoms with Crippen molar-refractivity contribution in [2.24, 2.45) is 0 Å². The number of phosphoric acid groups is 1. The molecule has 85 heavy (non-hydrogen) atoms. The van der Waals surface area contributed by atoms with E-state index in [9.17, 15) is 19.0 Å². The van der Waals surface area contributed by atoms with Gasteiger partial charge in [0.15, 0.2) is 0 Å². The van der Waals surface area contributed by atoms with Crippen LogP contribution in [0, 0.1) is 0 Å². The summed E-state index contributed by atoms with van der Waals surface area (Å²) in [6.45, 7) is 6.93. The van der Waals surface area contributed by atoms with Crippen LogP contribution in [0.2, 0.25) is 0 Å². The van der Waals surface area contributed by atoms with Crippen molar-refractivity contribution in [2.75, 3.05) is 40.9 Å². The molecule has 0 aromatic carbocycles. The number of hydrogen-bond acceptors (Lipinski definition) is 7. The highest BCUT2D eigenvalue weighted by molar-refractivity contribution is 7.45. The Labute approximate surface area is 531 Å². The average molecular weight is 1220 g/mol. The number of likely N-dealkylation sites (N-methyl/N-ethyl adjacent to an activating group) is 1. The van der Waals surface area contributed by atoms with Gasteiger partial charge in [-0.2, -0.15) is 0 Å². The fraction of sp³-hybridized carbons (Fsp3) is 0.947. The Kier molecular flexibility index (Phi) is 64.7. The van der Waals surface area contributed by atoms with Crippen LogP contribution in [0.1, 0.15) is 406 Å². The first kappa shape index (κ1) is 83.8. The third kappa shape index (κ3) is 67.0. The van der Waals surface area contributed by atoms with Gasteiger partial charge < -0.3 is 28.5 Å². The maximum atomic E-state index is 13.6. The number of esters is 1. The molecule has 1 amide bonds. The minimum atomic E-state index is -4.70. The summed E-state index contributed by atoms with van der Waals surface area (Å²) in [5, 5.41) is 3.06. The van der Waals surface area contributed by atoms with Crippen LogP contribution >= 0.6 is 7.82 Å². The van der Waals surface area contributed by atoms with Gasteiger partial charge in [-0.25, -0.2) is 0 Å². The number of ether oxygens (including phenoxy) is 1. The van der Waals surface area contributed by atoms with Gasteiger partial charge in [0.1, 0.15) is 19.3 Å². The molecule has 0 aromatic rings. The topological polar surface area (TPSA) is 114 Å². The summed E-state index contributed by atoms with van der Waals surface area (Å²) < 4.78 is 30.5. The van der Waals surface area contributed by atoms with Crippen molar-refractivity contribution < 1.29 is 37.3 Å². The minimum absolute atomic E-state index is 0.0164. The molecule has 10 heteroatoms. The van der Waals surface area contributed by atoms with Gasteiger partial charge in [-0.05, 0) is 31.8 Å². The minimum Gasteiger partial charge on any atom is -0.756 e. The lowest BCUT2D eigenvalue weighted by molar-refractivity contribution is -0.870. The molecule has 0 heterocycles. The zero-order valence-electron chi connectivity index (χ0n) is 58.1. The number of carbonyl (C=O) groups is 2. The van der Waals surface area contributed by atoms with Crippen LogP contribution in [0.4, 0.5) is 0 Å². The van der Waals surface area contributed by atoms with E-state index >= 15 is 0 Å². The first-order chi connectivity index (χ1) is 41.4. The molecule has 0 radical (unpaired) electrons. The van der Waals surface area contributed by atoms with Gasteiger partial charge in [0.2, 0.25) is 5.91 Å². The van der Waals surface area contributed by atoms with E-state index in [-0.39, 0.29) is 31.5 Å². The molecule has 0 bridgehead atoms. The van der Waals surface area contributed by atoms with E-state index in [1.165, 1.54) is 315 Å². The Morgan fingerprint density at radius 1 is 0.400 bits per heavy atom. The number of nitrogens with zero attached hydrogens (tertiary/aromatic N) is 1. The molecule has 0 spiro atoms. The average Bonchev–Trinajstić information content (AvgIpc) is 3.62. The highest BCUT2D eigenvalue weighted by Crippen LogP contribution is 2.38. The number of rotatable bonds is 71. The van der Waals surface area contributed by atoms with Gasteiger partial charge in [-0.3, -0.25) is 14.2 Å². The zero-order chi connectivity index (χ0) is 62.1. The van der Waals surface area contributed by atoms with Crippen LogP contribution in [0.25, 0.3) is 0 Å². The van der Waals surface area contributed by atoms with E-state index in [4.69, 9.17) is 13.8 Å². The van der Waals surface area contributed by atoms with Crippen LogP contribution < -0.4 is 10.2 Å². The molecule has 0 fully saturated rings. The molecule has 0 saturated heterocycles. The lowest BCUT2D eigenvalue weighted by Gasteiger charge is -2.30. The second-order valence-electron chi connectivity index (χ2n) is 27.5. The largest absolute Gasteiger partial charge is 0.756 e. The molecule has 9 nitrogen and oxygen atoms in total. The summed E-state index contributed by atoms with van der Waals surface area (Å²) >= 11 is 0. The molecule has 0 aliphatic carbocycles. The third-order valence-electron chi connectivity index (χ3n) is 17.7. The quantitative estimate of drug-likeness (QED) is 0.0212. The number of quaternary nitrogens is 1. The second kappa shape index (κ2) is 65.7. The van der Waals surface area contributed by atoms with Crippen molar-refractivity contribution in [1.29, 1.82) is 0 Å². The van der Waals surface area contributed by atoms with Gasteiger partial charge in [-0.1, -0.05) is 374 Å². The van der Waals surface area contributed by atoms with Crippen LogP contribution in [-0.2, 0) is 27.9 Å². The lowest BCUT2D eigenvalue weighted by Crippen LogP contribution is -2.47. The Bertz CT molecular complexity index is 1450. The summed E-state index contributed by atoms with van der Waals surface area (Å²) in [6, 6.07) is -0.881. The van der Waals surface area contributed by atoms with Crippen molar-refractivity contribution in [3.8, 4) is 0 Å². The van der Waals surface area contributed by atoms with Crippen molar-refractivity contribution in [3.05, 3.63) is 12.2 Å². The van der Waals surface area contributed by atoms with Crippen molar-refractivity contribution in [3.63, 3.8) is 0 Å². The Morgan fingerprint density at radius 3 is 0.965 bits per heavy atom. The number of allylic oxidation sites excluding steroid dienone is 1. The Balaban J connectivity index is 4.89. The van der Waals surface area contributed by atoms with Gasteiger partial charge in [0.25, 0.3) is 7.82 Å². The molecular formula is C75H149N2O7P. The van der Waals surface area contributed by atoms with Crippen LogP contribution in [-0.4, -0.2) is 69.4 Å². The molecular weight excluding hydrogens is 1070 g/mol. The SMILES string of the molecule is CCCCCCCCCCC/C=C/C(OC(=O)CCCCCCCCCCCCCCCCCCCCCCCCCCC)C(COP(=O)([O-])OCC[N+](C)(C)C)NC(=O)CCCCCCCCCCCCCCCCCCCCCCCCC. The summed E-state index contributed by atoms with van der Waals surface area (Å²) in [7, 11) is 1.21. The maximum Gasteiger partial charge on any atom is 0.306 e. The maximum absolute atomic E-state index is 13.6. The molecule has 0 aliphatic rings. The zero-order valence-corrected chi connectivity index (χ0v) is 59.0. The molecule has 0 rings (SSSR count).